The van der Waals surface area contributed by atoms with Gasteiger partial charge < -0.3 is 4.90 Å². The van der Waals surface area contributed by atoms with Crippen LogP contribution in [0.25, 0.3) is 0 Å². The molecule has 1 atom stereocenters. The standard InChI is InChI=1S/C15H26N2/c1-16-10-3-13(11-15(16)7-8-15)17-9-2-4-14(12-17)5-6-14/h13H,2-12H2,1H3/t13-/m0/s1. The summed E-state index contributed by atoms with van der Waals surface area (Å²) in [5.41, 5.74) is 1.45. The molecule has 0 bridgehead atoms. The van der Waals surface area contributed by atoms with Crippen molar-refractivity contribution in [3.8, 4) is 0 Å². The van der Waals surface area contributed by atoms with Gasteiger partial charge in [0.1, 0.15) is 0 Å². The fourth-order valence-electron chi connectivity index (χ4n) is 4.46. The smallest absolute Gasteiger partial charge is 0.0222 e. The summed E-state index contributed by atoms with van der Waals surface area (Å²) in [6, 6.07) is 0.923. The summed E-state index contributed by atoms with van der Waals surface area (Å²) < 4.78 is 0. The van der Waals surface area contributed by atoms with Gasteiger partial charge in [0, 0.05) is 18.1 Å². The van der Waals surface area contributed by atoms with Crippen molar-refractivity contribution >= 4 is 0 Å². The first-order chi connectivity index (χ1) is 8.22. The molecular weight excluding hydrogens is 208 g/mol. The molecule has 17 heavy (non-hydrogen) atoms. The average molecular weight is 234 g/mol. The topological polar surface area (TPSA) is 6.48 Å². The lowest BCUT2D eigenvalue weighted by molar-refractivity contribution is 0.0385. The Morgan fingerprint density at radius 1 is 1.00 bits per heavy atom. The minimum Gasteiger partial charge on any atom is -0.301 e. The van der Waals surface area contributed by atoms with Crippen LogP contribution in [0, 0.1) is 5.41 Å². The highest BCUT2D eigenvalue weighted by Gasteiger charge is 2.52. The molecule has 2 aliphatic heterocycles. The maximum Gasteiger partial charge on any atom is 0.0222 e. The molecule has 2 saturated carbocycles. The van der Waals surface area contributed by atoms with Crippen LogP contribution in [0.5, 0.6) is 0 Å². The molecular formula is C15H26N2. The van der Waals surface area contributed by atoms with Gasteiger partial charge in [-0.05, 0) is 76.9 Å². The first-order valence-corrected chi connectivity index (χ1v) is 7.67. The third kappa shape index (κ3) is 1.76. The van der Waals surface area contributed by atoms with Crippen molar-refractivity contribution in [3.05, 3.63) is 0 Å². The number of piperidine rings is 2. The van der Waals surface area contributed by atoms with E-state index >= 15 is 0 Å². The molecule has 4 fully saturated rings. The van der Waals surface area contributed by atoms with Crippen molar-refractivity contribution in [1.82, 2.24) is 9.80 Å². The van der Waals surface area contributed by atoms with Gasteiger partial charge in [-0.3, -0.25) is 4.90 Å². The van der Waals surface area contributed by atoms with Gasteiger partial charge in [0.15, 0.2) is 0 Å². The first-order valence-electron chi connectivity index (χ1n) is 7.67. The second-order valence-electron chi connectivity index (χ2n) is 7.37. The monoisotopic (exact) mass is 234 g/mol. The Morgan fingerprint density at radius 2 is 1.82 bits per heavy atom. The number of likely N-dealkylation sites (tertiary alicyclic amines) is 2. The van der Waals surface area contributed by atoms with Gasteiger partial charge in [-0.15, -0.1) is 0 Å². The normalized spacial score (nSPS) is 39.7. The van der Waals surface area contributed by atoms with Crippen LogP contribution in [0.2, 0.25) is 0 Å². The molecule has 2 saturated heterocycles. The highest BCUT2D eigenvalue weighted by Crippen LogP contribution is 2.54. The summed E-state index contributed by atoms with van der Waals surface area (Å²) in [4.78, 5) is 5.53. The van der Waals surface area contributed by atoms with E-state index in [9.17, 15) is 0 Å². The molecule has 2 heterocycles. The fourth-order valence-corrected chi connectivity index (χ4v) is 4.46. The van der Waals surface area contributed by atoms with Gasteiger partial charge in [0.2, 0.25) is 0 Å². The first kappa shape index (κ1) is 10.8. The Morgan fingerprint density at radius 3 is 2.53 bits per heavy atom. The van der Waals surface area contributed by atoms with Gasteiger partial charge >= 0.3 is 0 Å². The highest BCUT2D eigenvalue weighted by molar-refractivity contribution is 5.09. The zero-order valence-corrected chi connectivity index (χ0v) is 11.2. The zero-order valence-electron chi connectivity index (χ0n) is 11.2. The third-order valence-electron chi connectivity index (χ3n) is 6.21. The van der Waals surface area contributed by atoms with Gasteiger partial charge in [-0.2, -0.15) is 0 Å². The maximum atomic E-state index is 2.88. The molecule has 4 rings (SSSR count). The number of rotatable bonds is 1. The van der Waals surface area contributed by atoms with Crippen LogP contribution in [0.1, 0.15) is 51.4 Å². The van der Waals surface area contributed by atoms with Gasteiger partial charge in [-0.1, -0.05) is 0 Å². The fraction of sp³-hybridized carbons (Fsp3) is 1.00. The molecule has 0 aromatic heterocycles. The molecule has 2 spiro atoms. The van der Waals surface area contributed by atoms with E-state index < -0.39 is 0 Å². The van der Waals surface area contributed by atoms with Crippen LogP contribution in [0.3, 0.4) is 0 Å². The lowest BCUT2D eigenvalue weighted by Gasteiger charge is -2.45. The summed E-state index contributed by atoms with van der Waals surface area (Å²) >= 11 is 0. The summed E-state index contributed by atoms with van der Waals surface area (Å²) in [6.45, 7) is 4.18. The van der Waals surface area contributed by atoms with Gasteiger partial charge in [0.25, 0.3) is 0 Å². The number of nitrogens with zero attached hydrogens (tertiary/aromatic N) is 2. The van der Waals surface area contributed by atoms with E-state index in [0.29, 0.717) is 5.54 Å². The van der Waals surface area contributed by atoms with Crippen molar-refractivity contribution in [1.29, 1.82) is 0 Å². The summed E-state index contributed by atoms with van der Waals surface area (Å²) in [5.74, 6) is 0. The second kappa shape index (κ2) is 3.48. The van der Waals surface area contributed by atoms with Crippen LogP contribution < -0.4 is 0 Å². The Balaban J connectivity index is 1.44. The molecule has 0 aromatic rings. The van der Waals surface area contributed by atoms with Crippen LogP contribution in [0.4, 0.5) is 0 Å². The molecule has 0 aromatic carbocycles. The Labute approximate surface area is 105 Å². The summed E-state index contributed by atoms with van der Waals surface area (Å²) in [6.07, 6.45) is 11.9. The average Bonchev–Trinajstić information content (AvgIpc) is 3.24. The predicted octanol–water partition coefficient (Wildman–Crippen LogP) is 2.49. The van der Waals surface area contributed by atoms with Crippen molar-refractivity contribution in [2.24, 2.45) is 5.41 Å². The van der Waals surface area contributed by atoms with E-state index in [0.717, 1.165) is 11.5 Å². The largest absolute Gasteiger partial charge is 0.301 e. The Bertz CT molecular complexity index is 317. The molecule has 2 aliphatic carbocycles. The van der Waals surface area contributed by atoms with E-state index in [2.05, 4.69) is 16.8 Å². The van der Waals surface area contributed by atoms with Crippen molar-refractivity contribution < 1.29 is 0 Å². The van der Waals surface area contributed by atoms with E-state index in [4.69, 9.17) is 0 Å². The highest BCUT2D eigenvalue weighted by atomic mass is 15.3. The maximum absolute atomic E-state index is 2.88. The minimum atomic E-state index is 0.650. The molecule has 96 valence electrons. The predicted molar refractivity (Wildman–Crippen MR) is 70.1 cm³/mol. The molecule has 0 radical (unpaired) electrons. The summed E-state index contributed by atoms with van der Waals surface area (Å²) in [5, 5.41) is 0. The van der Waals surface area contributed by atoms with Crippen molar-refractivity contribution in [3.63, 3.8) is 0 Å². The van der Waals surface area contributed by atoms with Crippen LogP contribution in [0.15, 0.2) is 0 Å². The molecule has 0 unspecified atom stereocenters. The quantitative estimate of drug-likeness (QED) is 0.688. The zero-order chi connectivity index (χ0) is 11.5. The van der Waals surface area contributed by atoms with Crippen LogP contribution in [-0.2, 0) is 0 Å². The minimum absolute atomic E-state index is 0.650. The molecule has 0 N–H and O–H groups in total. The lowest BCUT2D eigenvalue weighted by atomic mass is 9.89. The molecule has 0 amide bonds. The Hall–Kier alpha value is -0.0800. The van der Waals surface area contributed by atoms with Crippen LogP contribution >= 0.6 is 0 Å². The lowest BCUT2D eigenvalue weighted by Crippen LogP contribution is -2.52. The van der Waals surface area contributed by atoms with E-state index in [-0.39, 0.29) is 0 Å². The van der Waals surface area contributed by atoms with Crippen molar-refractivity contribution in [2.45, 2.75) is 62.9 Å². The Kier molecular flexibility index (Phi) is 2.21. The van der Waals surface area contributed by atoms with E-state index in [1.807, 2.05) is 0 Å². The molecule has 2 nitrogen and oxygen atoms in total. The number of hydrogen-bond donors (Lipinski definition) is 0. The number of hydrogen-bond acceptors (Lipinski definition) is 2. The van der Waals surface area contributed by atoms with E-state index in [1.165, 1.54) is 71.0 Å². The van der Waals surface area contributed by atoms with Gasteiger partial charge in [-0.25, -0.2) is 0 Å². The third-order valence-corrected chi connectivity index (χ3v) is 6.21. The SMILES string of the molecule is CN1CC[C@H](N2CCCC3(CC3)C2)CC12CC2. The van der Waals surface area contributed by atoms with Crippen molar-refractivity contribution in [2.75, 3.05) is 26.7 Å². The second-order valence-corrected chi connectivity index (χ2v) is 7.37. The molecule has 2 heteroatoms. The van der Waals surface area contributed by atoms with Gasteiger partial charge in [0.05, 0.1) is 0 Å². The van der Waals surface area contributed by atoms with Crippen LogP contribution in [-0.4, -0.2) is 48.1 Å². The van der Waals surface area contributed by atoms with E-state index in [1.54, 1.807) is 0 Å². The molecule has 4 aliphatic rings. The summed E-state index contributed by atoms with van der Waals surface area (Å²) in [7, 11) is 2.35.